The van der Waals surface area contributed by atoms with Gasteiger partial charge in [0.2, 0.25) is 0 Å². The van der Waals surface area contributed by atoms with Gasteiger partial charge in [0.15, 0.2) is 0 Å². The van der Waals surface area contributed by atoms with Gasteiger partial charge in [-0.2, -0.15) is 0 Å². The Morgan fingerprint density at radius 3 is 2.00 bits per heavy atom. The lowest BCUT2D eigenvalue weighted by molar-refractivity contribution is -0.136. The van der Waals surface area contributed by atoms with Crippen molar-refractivity contribution in [2.24, 2.45) is 0 Å². The van der Waals surface area contributed by atoms with Crippen molar-refractivity contribution in [2.75, 3.05) is 7.11 Å². The van der Waals surface area contributed by atoms with Gasteiger partial charge in [-0.05, 0) is 0 Å². The van der Waals surface area contributed by atoms with Crippen molar-refractivity contribution in [3.05, 3.63) is 0 Å². The van der Waals surface area contributed by atoms with Gasteiger partial charge in [-0.15, -0.1) is 0 Å². The summed E-state index contributed by atoms with van der Waals surface area (Å²) in [6, 6.07) is 0. The molecule has 0 aromatic rings. The predicted octanol–water partition coefficient (Wildman–Crippen LogP) is 0.270. The van der Waals surface area contributed by atoms with Crippen molar-refractivity contribution >= 4 is 12.4 Å². The van der Waals surface area contributed by atoms with Crippen LogP contribution in [0, 0.1) is 0 Å². The van der Waals surface area contributed by atoms with Crippen LogP contribution in [0.2, 0.25) is 0 Å². The number of carboxylic acids is 1. The highest BCUT2D eigenvalue weighted by Gasteiger charge is 1.80. The molecule has 9 heavy (non-hydrogen) atoms. The molecule has 0 aliphatic rings. The normalized spacial score (nSPS) is 6.44. The molecular weight excluding hydrogens is 124 g/mol. The molecule has 0 aliphatic heterocycles. The summed E-state index contributed by atoms with van der Waals surface area (Å²) in [5.74, 6) is -0.745. The lowest BCUT2D eigenvalue weighted by Crippen LogP contribution is -1.86. The Hall–Kier alpha value is -1.06. The minimum absolute atomic E-state index is 0.222. The van der Waals surface area contributed by atoms with Gasteiger partial charge in [0.05, 0.1) is 7.11 Å². The second-order valence-electron chi connectivity index (χ2n) is 1.08. The second kappa shape index (κ2) is 10.0. The molecule has 54 valence electrons. The first-order chi connectivity index (χ1) is 4.18. The van der Waals surface area contributed by atoms with Crippen LogP contribution >= 0.6 is 0 Å². The highest BCUT2D eigenvalue weighted by Crippen LogP contribution is 1.67. The van der Waals surface area contributed by atoms with Crippen molar-refractivity contribution in [3.63, 3.8) is 0 Å². The minimum atomic E-state index is -0.745. The fourth-order valence-electron chi connectivity index (χ4n) is 0. The number of hydrogen-bond acceptors (Lipinski definition) is 3. The predicted molar refractivity (Wildman–Crippen MR) is 31.0 cm³/mol. The van der Waals surface area contributed by atoms with Crippen LogP contribution in [0.4, 0.5) is 0 Å². The molecule has 0 amide bonds. The van der Waals surface area contributed by atoms with Crippen LogP contribution in [0.5, 0.6) is 0 Å². The molecule has 0 radical (unpaired) electrons. The molecule has 0 heterocycles. The van der Waals surface area contributed by atoms with Gasteiger partial charge in [-0.1, -0.05) is 6.92 Å². The van der Waals surface area contributed by atoms with E-state index < -0.39 is 5.97 Å². The summed E-state index contributed by atoms with van der Waals surface area (Å²) < 4.78 is 3.86. The number of carbonyl (C=O) groups is 2. The van der Waals surface area contributed by atoms with E-state index in [9.17, 15) is 4.79 Å². The van der Waals surface area contributed by atoms with E-state index in [0.29, 0.717) is 6.47 Å². The van der Waals surface area contributed by atoms with Gasteiger partial charge in [0.1, 0.15) is 0 Å². The first-order valence-electron chi connectivity index (χ1n) is 2.37. The van der Waals surface area contributed by atoms with E-state index in [2.05, 4.69) is 4.74 Å². The number of carbonyl (C=O) groups excluding carboxylic acids is 1. The quantitative estimate of drug-likeness (QED) is 0.550. The van der Waals surface area contributed by atoms with Crippen LogP contribution in [0.15, 0.2) is 0 Å². The van der Waals surface area contributed by atoms with Crippen LogP contribution in [0.25, 0.3) is 0 Å². The third-order valence-corrected chi connectivity index (χ3v) is 0.399. The molecule has 0 saturated carbocycles. The van der Waals surface area contributed by atoms with E-state index in [4.69, 9.17) is 9.90 Å². The molecule has 0 bridgehead atoms. The Kier molecular flexibility index (Phi) is 12.1. The van der Waals surface area contributed by atoms with Crippen LogP contribution in [-0.4, -0.2) is 24.7 Å². The fraction of sp³-hybridized carbons (Fsp3) is 0.600. The lowest BCUT2D eigenvalue weighted by Gasteiger charge is -1.71. The van der Waals surface area contributed by atoms with Gasteiger partial charge < -0.3 is 9.84 Å². The van der Waals surface area contributed by atoms with Crippen LogP contribution in [0.1, 0.15) is 13.3 Å². The summed E-state index contributed by atoms with van der Waals surface area (Å²) >= 11 is 0. The molecule has 0 spiro atoms. The smallest absolute Gasteiger partial charge is 0.303 e. The molecule has 0 atom stereocenters. The van der Waals surface area contributed by atoms with Gasteiger partial charge in [0, 0.05) is 6.42 Å². The summed E-state index contributed by atoms with van der Waals surface area (Å²) in [7, 11) is 1.31. The summed E-state index contributed by atoms with van der Waals surface area (Å²) in [6.45, 7) is 1.97. The third kappa shape index (κ3) is 45.0. The van der Waals surface area contributed by atoms with E-state index >= 15 is 0 Å². The molecule has 1 N–H and O–H groups in total. The zero-order valence-corrected chi connectivity index (χ0v) is 5.46. The van der Waals surface area contributed by atoms with Gasteiger partial charge in [0.25, 0.3) is 6.47 Å². The van der Waals surface area contributed by atoms with E-state index in [1.165, 1.54) is 7.11 Å². The fourth-order valence-corrected chi connectivity index (χ4v) is 0. The van der Waals surface area contributed by atoms with Gasteiger partial charge >= 0.3 is 5.97 Å². The van der Waals surface area contributed by atoms with Gasteiger partial charge in [-0.3, -0.25) is 9.59 Å². The van der Waals surface area contributed by atoms with Crippen molar-refractivity contribution in [1.82, 2.24) is 0 Å². The Morgan fingerprint density at radius 2 is 2.00 bits per heavy atom. The number of methoxy groups -OCH3 is 1. The molecule has 4 heteroatoms. The number of aliphatic carboxylic acids is 1. The van der Waals surface area contributed by atoms with E-state index in [-0.39, 0.29) is 6.42 Å². The maximum Gasteiger partial charge on any atom is 0.303 e. The molecule has 4 nitrogen and oxygen atoms in total. The van der Waals surface area contributed by atoms with Crippen molar-refractivity contribution in [2.45, 2.75) is 13.3 Å². The number of ether oxygens (including phenoxy) is 1. The average Bonchev–Trinajstić information content (AvgIpc) is 1.89. The van der Waals surface area contributed by atoms with Crippen LogP contribution in [0.3, 0.4) is 0 Å². The van der Waals surface area contributed by atoms with E-state index in [0.717, 1.165) is 0 Å². The maximum absolute atomic E-state index is 9.37. The maximum atomic E-state index is 9.37. The average molecular weight is 134 g/mol. The number of hydrogen-bond donors (Lipinski definition) is 1. The van der Waals surface area contributed by atoms with E-state index in [1.54, 1.807) is 6.92 Å². The first-order valence-corrected chi connectivity index (χ1v) is 2.37. The Bertz CT molecular complexity index is 79.0. The molecular formula is C5H10O4. The zero-order chi connectivity index (χ0) is 7.70. The molecule has 0 fully saturated rings. The number of carboxylic acid groups (broad SMARTS) is 1. The zero-order valence-electron chi connectivity index (χ0n) is 5.46. The summed E-state index contributed by atoms with van der Waals surface area (Å²) in [5.41, 5.74) is 0. The molecule has 0 aromatic heterocycles. The molecule has 0 rings (SSSR count). The highest BCUT2D eigenvalue weighted by molar-refractivity contribution is 5.66. The Labute approximate surface area is 53.4 Å². The SMILES string of the molecule is CCC(=O)O.COC=O. The first kappa shape index (κ1) is 10.8. The van der Waals surface area contributed by atoms with Gasteiger partial charge in [-0.25, -0.2) is 0 Å². The highest BCUT2D eigenvalue weighted by atomic mass is 16.5. The number of rotatable bonds is 2. The van der Waals surface area contributed by atoms with E-state index in [1.807, 2.05) is 0 Å². The summed E-state index contributed by atoms with van der Waals surface area (Å²) in [5, 5.41) is 7.72. The minimum Gasteiger partial charge on any atom is -0.481 e. The monoisotopic (exact) mass is 134 g/mol. The topological polar surface area (TPSA) is 63.6 Å². The summed E-state index contributed by atoms with van der Waals surface area (Å²) in [6.07, 6.45) is 0.222. The Balaban J connectivity index is 0. The van der Waals surface area contributed by atoms with Crippen molar-refractivity contribution < 1.29 is 19.4 Å². The van der Waals surface area contributed by atoms with Crippen molar-refractivity contribution in [3.8, 4) is 0 Å². The largest absolute Gasteiger partial charge is 0.481 e. The van der Waals surface area contributed by atoms with Crippen LogP contribution in [-0.2, 0) is 14.3 Å². The standard InChI is InChI=1S/C3H6O2.C2H4O2/c1-2-3(4)5;1-4-2-3/h2H2,1H3,(H,4,5);2H,1H3. The van der Waals surface area contributed by atoms with Crippen molar-refractivity contribution in [1.29, 1.82) is 0 Å². The third-order valence-electron chi connectivity index (χ3n) is 0.399. The van der Waals surface area contributed by atoms with Crippen LogP contribution < -0.4 is 0 Å². The second-order valence-corrected chi connectivity index (χ2v) is 1.08. The molecule has 0 saturated heterocycles. The Morgan fingerprint density at radius 1 is 1.78 bits per heavy atom. The summed E-state index contributed by atoms with van der Waals surface area (Å²) in [4.78, 5) is 18.3. The molecule has 0 unspecified atom stereocenters. The molecule has 0 aromatic carbocycles. The lowest BCUT2D eigenvalue weighted by atomic mass is 10.5. The molecule has 0 aliphatic carbocycles.